The van der Waals surface area contributed by atoms with E-state index in [1.54, 1.807) is 6.07 Å². The zero-order valence-electron chi connectivity index (χ0n) is 14.2. The van der Waals surface area contributed by atoms with E-state index in [0.717, 1.165) is 10.4 Å². The van der Waals surface area contributed by atoms with Crippen LogP contribution in [0.2, 0.25) is 0 Å². The lowest BCUT2D eigenvalue weighted by atomic mass is 10.2. The highest BCUT2D eigenvalue weighted by Crippen LogP contribution is 2.28. The lowest BCUT2D eigenvalue weighted by Gasteiger charge is -2.30. The van der Waals surface area contributed by atoms with Crippen molar-refractivity contribution in [2.24, 2.45) is 0 Å². The molecule has 1 saturated heterocycles. The highest BCUT2D eigenvalue weighted by Gasteiger charge is 2.35. The number of sulfonamides is 1. The lowest BCUT2D eigenvalue weighted by Crippen LogP contribution is -2.42. The summed E-state index contributed by atoms with van der Waals surface area (Å²) in [7, 11) is -4.08. The van der Waals surface area contributed by atoms with Crippen molar-refractivity contribution in [1.82, 2.24) is 14.5 Å². The van der Waals surface area contributed by atoms with Crippen molar-refractivity contribution in [3.05, 3.63) is 41.4 Å². The molecule has 1 atom stereocenters. The zero-order chi connectivity index (χ0) is 18.9. The molecule has 8 nitrogen and oxygen atoms in total. The molecule has 1 aromatic heterocycles. The third kappa shape index (κ3) is 3.33. The van der Waals surface area contributed by atoms with Crippen molar-refractivity contribution in [2.45, 2.75) is 30.8 Å². The van der Waals surface area contributed by atoms with Gasteiger partial charge < -0.3 is 9.15 Å². The molecule has 0 aliphatic carbocycles. The predicted octanol–water partition coefficient (Wildman–Crippen LogP) is 1.97. The van der Waals surface area contributed by atoms with E-state index in [4.69, 9.17) is 14.4 Å². The summed E-state index contributed by atoms with van der Waals surface area (Å²) in [5.41, 5.74) is -0.504. The molecular formula is C16H17FN4O4S. The Morgan fingerprint density at radius 3 is 2.81 bits per heavy atom. The number of hydrogen-bond donors (Lipinski definition) is 0. The molecule has 26 heavy (non-hydrogen) atoms. The van der Waals surface area contributed by atoms with Crippen LogP contribution in [0.1, 0.15) is 43.2 Å². The van der Waals surface area contributed by atoms with Crippen LogP contribution in [-0.2, 0) is 14.8 Å². The van der Waals surface area contributed by atoms with Gasteiger partial charge in [0, 0.05) is 19.0 Å². The first kappa shape index (κ1) is 18.4. The van der Waals surface area contributed by atoms with E-state index in [1.165, 1.54) is 12.1 Å². The fraction of sp³-hybridized carbons (Fsp3) is 0.438. The van der Waals surface area contributed by atoms with Crippen molar-refractivity contribution in [1.29, 1.82) is 5.26 Å². The Morgan fingerprint density at radius 2 is 2.15 bits per heavy atom. The van der Waals surface area contributed by atoms with Crippen LogP contribution in [0.5, 0.6) is 0 Å². The van der Waals surface area contributed by atoms with E-state index in [9.17, 15) is 12.8 Å². The maximum absolute atomic E-state index is 13.8. The summed E-state index contributed by atoms with van der Waals surface area (Å²) in [5, 5.41) is 17.0. The molecule has 1 unspecified atom stereocenters. The number of hydrogen-bond acceptors (Lipinski definition) is 7. The molecular weight excluding hydrogens is 363 g/mol. The van der Waals surface area contributed by atoms with Crippen molar-refractivity contribution in [3.8, 4) is 6.07 Å². The first-order chi connectivity index (χ1) is 12.3. The van der Waals surface area contributed by atoms with Gasteiger partial charge >= 0.3 is 0 Å². The smallest absolute Gasteiger partial charge is 0.246 e. The van der Waals surface area contributed by atoms with Gasteiger partial charge in [-0.2, -0.15) is 9.57 Å². The molecule has 0 radical (unpaired) electrons. The van der Waals surface area contributed by atoms with Crippen molar-refractivity contribution in [3.63, 3.8) is 0 Å². The van der Waals surface area contributed by atoms with E-state index >= 15 is 0 Å². The number of nitriles is 1. The summed E-state index contributed by atoms with van der Waals surface area (Å²) >= 11 is 0. The number of halogens is 1. The number of benzene rings is 1. The van der Waals surface area contributed by atoms with Gasteiger partial charge in [-0.1, -0.05) is 19.9 Å². The van der Waals surface area contributed by atoms with Gasteiger partial charge in [0.15, 0.2) is 0 Å². The Morgan fingerprint density at radius 1 is 1.38 bits per heavy atom. The average molecular weight is 380 g/mol. The number of rotatable bonds is 4. The monoisotopic (exact) mass is 380 g/mol. The molecule has 3 rings (SSSR count). The maximum Gasteiger partial charge on any atom is 0.246 e. The predicted molar refractivity (Wildman–Crippen MR) is 87.0 cm³/mol. The highest BCUT2D eigenvalue weighted by atomic mass is 32.2. The Bertz CT molecular complexity index is 951. The standard InChI is InChI=1S/C16H17FN4O4S/c1-10(2)15-19-20-16(25-15)13-9-21(6-7-24-13)26(22,23)14-5-3-4-12(17)11(14)8-18/h3-5,10,13H,6-7,9H2,1-2H3. The van der Waals surface area contributed by atoms with Gasteiger partial charge in [-0.15, -0.1) is 10.2 Å². The summed E-state index contributed by atoms with van der Waals surface area (Å²) in [6.45, 7) is 3.90. The molecule has 10 heteroatoms. The number of aromatic nitrogens is 2. The van der Waals surface area contributed by atoms with Gasteiger partial charge in [0.05, 0.1) is 6.61 Å². The van der Waals surface area contributed by atoms with Crippen LogP contribution in [0.15, 0.2) is 27.5 Å². The third-order valence-corrected chi connectivity index (χ3v) is 5.87. The Hall–Kier alpha value is -2.35. The van der Waals surface area contributed by atoms with E-state index in [2.05, 4.69) is 10.2 Å². The molecule has 1 aliphatic rings. The van der Waals surface area contributed by atoms with Gasteiger partial charge in [-0.25, -0.2) is 12.8 Å². The summed E-state index contributed by atoms with van der Waals surface area (Å²) in [6.07, 6.45) is -0.724. The number of morpholine rings is 1. The molecule has 0 spiro atoms. The summed E-state index contributed by atoms with van der Waals surface area (Å²) in [6, 6.07) is 5.13. The van der Waals surface area contributed by atoms with E-state index in [1.807, 2.05) is 13.8 Å². The van der Waals surface area contributed by atoms with Crippen LogP contribution in [0.4, 0.5) is 4.39 Å². The Labute approximate surface area is 150 Å². The number of nitrogens with zero attached hydrogens (tertiary/aromatic N) is 4. The summed E-state index contributed by atoms with van der Waals surface area (Å²) < 4.78 is 51.8. The van der Waals surface area contributed by atoms with Gasteiger partial charge in [0.1, 0.15) is 28.4 Å². The second-order valence-corrected chi connectivity index (χ2v) is 7.99. The van der Waals surface area contributed by atoms with Crippen LogP contribution >= 0.6 is 0 Å². The highest BCUT2D eigenvalue weighted by molar-refractivity contribution is 7.89. The Balaban J connectivity index is 1.89. The summed E-state index contributed by atoms with van der Waals surface area (Å²) in [5.74, 6) is -0.226. The maximum atomic E-state index is 13.8. The van der Waals surface area contributed by atoms with Crippen molar-refractivity contribution < 1.29 is 22.0 Å². The van der Waals surface area contributed by atoms with Crippen LogP contribution < -0.4 is 0 Å². The first-order valence-electron chi connectivity index (χ1n) is 7.98. The molecule has 0 bridgehead atoms. The van der Waals surface area contributed by atoms with Crippen LogP contribution in [0, 0.1) is 17.1 Å². The normalized spacial score (nSPS) is 18.8. The molecule has 0 saturated carbocycles. The largest absolute Gasteiger partial charge is 0.422 e. The van der Waals surface area contributed by atoms with Crippen LogP contribution in [-0.4, -0.2) is 42.6 Å². The van der Waals surface area contributed by atoms with Gasteiger partial charge in [0.25, 0.3) is 0 Å². The van der Waals surface area contributed by atoms with Gasteiger partial charge in [-0.3, -0.25) is 0 Å². The van der Waals surface area contributed by atoms with E-state index in [0.29, 0.717) is 5.89 Å². The van der Waals surface area contributed by atoms with Crippen LogP contribution in [0.25, 0.3) is 0 Å². The zero-order valence-corrected chi connectivity index (χ0v) is 15.0. The average Bonchev–Trinajstić information content (AvgIpc) is 3.12. The van der Waals surface area contributed by atoms with E-state index < -0.39 is 27.5 Å². The first-order valence-corrected chi connectivity index (χ1v) is 9.42. The SMILES string of the molecule is CC(C)c1nnc(C2CN(S(=O)(=O)c3cccc(F)c3C#N)CCO2)o1. The van der Waals surface area contributed by atoms with Gasteiger partial charge in [-0.05, 0) is 12.1 Å². The fourth-order valence-corrected chi connectivity index (χ4v) is 4.15. The number of ether oxygens (including phenoxy) is 1. The Kier molecular flexibility index (Phi) is 5.04. The van der Waals surface area contributed by atoms with E-state index in [-0.39, 0.29) is 36.4 Å². The second-order valence-electron chi connectivity index (χ2n) is 6.08. The molecule has 1 aromatic carbocycles. The topological polar surface area (TPSA) is 109 Å². The molecule has 0 amide bonds. The lowest BCUT2D eigenvalue weighted by molar-refractivity contribution is -0.0179. The summed E-state index contributed by atoms with van der Waals surface area (Å²) in [4.78, 5) is -0.367. The minimum absolute atomic E-state index is 0.0326. The fourth-order valence-electron chi connectivity index (χ4n) is 2.57. The minimum Gasteiger partial charge on any atom is -0.422 e. The molecule has 138 valence electrons. The molecule has 1 fully saturated rings. The molecule has 2 heterocycles. The quantitative estimate of drug-likeness (QED) is 0.797. The molecule has 1 aliphatic heterocycles. The third-order valence-electron chi connectivity index (χ3n) is 3.96. The second kappa shape index (κ2) is 7.11. The van der Waals surface area contributed by atoms with Gasteiger partial charge in [0.2, 0.25) is 21.8 Å². The van der Waals surface area contributed by atoms with Crippen molar-refractivity contribution in [2.75, 3.05) is 19.7 Å². The minimum atomic E-state index is -4.08. The van der Waals surface area contributed by atoms with Crippen LogP contribution in [0.3, 0.4) is 0 Å². The molecule has 2 aromatic rings. The molecule has 0 N–H and O–H groups in total. The van der Waals surface area contributed by atoms with Crippen molar-refractivity contribution >= 4 is 10.0 Å².